The largest absolute Gasteiger partial charge is 0.350 e. The predicted octanol–water partition coefficient (Wildman–Crippen LogP) is 3.00. The van der Waals surface area contributed by atoms with Gasteiger partial charge in [-0.25, -0.2) is 0 Å². The van der Waals surface area contributed by atoms with Gasteiger partial charge in [-0.1, -0.05) is 56.3 Å². The Balaban J connectivity index is 1.55. The van der Waals surface area contributed by atoms with Crippen molar-refractivity contribution < 1.29 is 9.59 Å². The van der Waals surface area contributed by atoms with E-state index in [2.05, 4.69) is 15.7 Å². The van der Waals surface area contributed by atoms with Crippen LogP contribution in [-0.4, -0.2) is 27.6 Å². The number of nitrogens with zero attached hydrogens (tertiary/aromatic N) is 2. The van der Waals surface area contributed by atoms with E-state index in [1.54, 1.807) is 30.5 Å². The highest BCUT2D eigenvalue weighted by molar-refractivity contribution is 5.97. The number of rotatable bonds is 8. The molecule has 150 valence electrons. The zero-order chi connectivity index (χ0) is 20.6. The van der Waals surface area contributed by atoms with E-state index in [0.29, 0.717) is 18.7 Å². The van der Waals surface area contributed by atoms with E-state index in [4.69, 9.17) is 0 Å². The number of carbonyl (C=O) groups is 2. The lowest BCUT2D eigenvalue weighted by atomic mass is 10.0. The zero-order valence-corrected chi connectivity index (χ0v) is 16.7. The summed E-state index contributed by atoms with van der Waals surface area (Å²) in [6.07, 6.45) is 3.68. The minimum atomic E-state index is -0.596. The molecule has 2 amide bonds. The first-order chi connectivity index (χ1) is 14.0. The molecule has 0 aliphatic carbocycles. The normalized spacial score (nSPS) is 11.8. The van der Waals surface area contributed by atoms with Gasteiger partial charge in [0.2, 0.25) is 5.91 Å². The minimum Gasteiger partial charge on any atom is -0.350 e. The highest BCUT2D eigenvalue weighted by Crippen LogP contribution is 2.08. The molecule has 0 aliphatic heterocycles. The second kappa shape index (κ2) is 9.68. The first-order valence-corrected chi connectivity index (χ1v) is 9.72. The van der Waals surface area contributed by atoms with Gasteiger partial charge in [0, 0.05) is 24.5 Å². The average Bonchev–Trinajstić information content (AvgIpc) is 3.24. The van der Waals surface area contributed by atoms with Gasteiger partial charge in [0.15, 0.2) is 0 Å². The summed E-state index contributed by atoms with van der Waals surface area (Å²) in [5, 5.41) is 9.97. The standard InChI is InChI=1S/C23H26N4O2/c1-17(2)21(26-22(28)20-7-4-3-5-8-20)23(29)24-15-18-9-11-19(12-10-18)16-27-14-6-13-25-27/h3-14,17,21H,15-16H2,1-2H3,(H,24,29)(H,26,28). The van der Waals surface area contributed by atoms with E-state index < -0.39 is 6.04 Å². The first kappa shape index (κ1) is 20.3. The maximum atomic E-state index is 12.7. The van der Waals surface area contributed by atoms with Crippen molar-refractivity contribution in [2.45, 2.75) is 33.0 Å². The van der Waals surface area contributed by atoms with Crippen LogP contribution < -0.4 is 10.6 Å². The maximum Gasteiger partial charge on any atom is 0.251 e. The molecule has 1 aromatic heterocycles. The molecule has 3 aromatic rings. The molecule has 6 heteroatoms. The molecule has 3 rings (SSSR count). The molecule has 2 N–H and O–H groups in total. The highest BCUT2D eigenvalue weighted by atomic mass is 16.2. The van der Waals surface area contributed by atoms with E-state index in [1.807, 2.05) is 61.1 Å². The third-order valence-corrected chi connectivity index (χ3v) is 4.67. The Hall–Kier alpha value is -3.41. The van der Waals surface area contributed by atoms with Gasteiger partial charge in [-0.3, -0.25) is 14.3 Å². The van der Waals surface area contributed by atoms with Crippen LogP contribution in [0.3, 0.4) is 0 Å². The molecule has 0 bridgehead atoms. The van der Waals surface area contributed by atoms with Crippen LogP contribution in [0.15, 0.2) is 73.1 Å². The Labute approximate surface area is 170 Å². The van der Waals surface area contributed by atoms with Gasteiger partial charge >= 0.3 is 0 Å². The van der Waals surface area contributed by atoms with Crippen LogP contribution in [0.25, 0.3) is 0 Å². The van der Waals surface area contributed by atoms with Crippen molar-refractivity contribution in [2.24, 2.45) is 5.92 Å². The monoisotopic (exact) mass is 390 g/mol. The predicted molar refractivity (Wildman–Crippen MR) is 112 cm³/mol. The van der Waals surface area contributed by atoms with Crippen molar-refractivity contribution in [2.75, 3.05) is 0 Å². The Morgan fingerprint density at radius 1 is 0.966 bits per heavy atom. The van der Waals surface area contributed by atoms with E-state index in [0.717, 1.165) is 11.1 Å². The Morgan fingerprint density at radius 3 is 2.28 bits per heavy atom. The summed E-state index contributed by atoms with van der Waals surface area (Å²) in [5.74, 6) is -0.466. The summed E-state index contributed by atoms with van der Waals surface area (Å²) in [4.78, 5) is 25.1. The number of hydrogen-bond acceptors (Lipinski definition) is 3. The summed E-state index contributed by atoms with van der Waals surface area (Å²) in [6, 6.07) is 18.3. The highest BCUT2D eigenvalue weighted by Gasteiger charge is 2.24. The number of benzene rings is 2. The van der Waals surface area contributed by atoms with Crippen LogP contribution in [-0.2, 0) is 17.9 Å². The van der Waals surface area contributed by atoms with Crippen LogP contribution in [0.4, 0.5) is 0 Å². The second-order valence-electron chi connectivity index (χ2n) is 7.30. The topological polar surface area (TPSA) is 76.0 Å². The third kappa shape index (κ3) is 5.78. The van der Waals surface area contributed by atoms with E-state index >= 15 is 0 Å². The molecule has 1 unspecified atom stereocenters. The molecule has 0 fully saturated rings. The molecule has 0 aliphatic rings. The van der Waals surface area contributed by atoms with Crippen LogP contribution in [0.2, 0.25) is 0 Å². The van der Waals surface area contributed by atoms with E-state index in [9.17, 15) is 9.59 Å². The number of carbonyl (C=O) groups excluding carboxylic acids is 2. The molecular formula is C23H26N4O2. The second-order valence-corrected chi connectivity index (χ2v) is 7.30. The summed E-state index contributed by atoms with van der Waals surface area (Å²) < 4.78 is 1.86. The number of nitrogens with one attached hydrogen (secondary N) is 2. The van der Waals surface area contributed by atoms with Crippen LogP contribution in [0.1, 0.15) is 35.3 Å². The minimum absolute atomic E-state index is 0.0286. The van der Waals surface area contributed by atoms with Gasteiger partial charge in [0.25, 0.3) is 5.91 Å². The number of amides is 2. The Kier molecular flexibility index (Phi) is 6.79. The lowest BCUT2D eigenvalue weighted by Crippen LogP contribution is -2.49. The smallest absolute Gasteiger partial charge is 0.251 e. The maximum absolute atomic E-state index is 12.7. The fourth-order valence-corrected chi connectivity index (χ4v) is 2.99. The summed E-state index contributed by atoms with van der Waals surface area (Å²) >= 11 is 0. The molecule has 29 heavy (non-hydrogen) atoms. The SMILES string of the molecule is CC(C)C(NC(=O)c1ccccc1)C(=O)NCc1ccc(Cn2cccn2)cc1. The molecule has 2 aromatic carbocycles. The van der Waals surface area contributed by atoms with E-state index in [-0.39, 0.29) is 17.7 Å². The number of hydrogen-bond donors (Lipinski definition) is 2. The Bertz CT molecular complexity index is 919. The van der Waals surface area contributed by atoms with Crippen LogP contribution >= 0.6 is 0 Å². The molecule has 0 radical (unpaired) electrons. The zero-order valence-electron chi connectivity index (χ0n) is 16.7. The molecule has 0 spiro atoms. The summed E-state index contributed by atoms with van der Waals surface area (Å²) in [5.41, 5.74) is 2.68. The van der Waals surface area contributed by atoms with Crippen molar-refractivity contribution in [3.05, 3.63) is 89.7 Å². The Morgan fingerprint density at radius 2 is 1.66 bits per heavy atom. The quantitative estimate of drug-likeness (QED) is 0.621. The fraction of sp³-hybridized carbons (Fsp3) is 0.261. The van der Waals surface area contributed by atoms with Crippen LogP contribution in [0.5, 0.6) is 0 Å². The van der Waals surface area contributed by atoms with Crippen molar-refractivity contribution >= 4 is 11.8 Å². The van der Waals surface area contributed by atoms with Gasteiger partial charge in [0.05, 0.1) is 6.54 Å². The molecule has 1 atom stereocenters. The molecular weight excluding hydrogens is 364 g/mol. The van der Waals surface area contributed by atoms with E-state index in [1.165, 1.54) is 0 Å². The van der Waals surface area contributed by atoms with Crippen molar-refractivity contribution in [3.8, 4) is 0 Å². The first-order valence-electron chi connectivity index (χ1n) is 9.72. The lowest BCUT2D eigenvalue weighted by molar-refractivity contribution is -0.124. The third-order valence-electron chi connectivity index (χ3n) is 4.67. The van der Waals surface area contributed by atoms with Gasteiger partial charge < -0.3 is 10.6 Å². The molecule has 6 nitrogen and oxygen atoms in total. The summed E-state index contributed by atoms with van der Waals surface area (Å²) in [6.45, 7) is 4.95. The van der Waals surface area contributed by atoms with Crippen molar-refractivity contribution in [1.82, 2.24) is 20.4 Å². The average molecular weight is 390 g/mol. The molecule has 0 saturated carbocycles. The molecule has 0 saturated heterocycles. The summed E-state index contributed by atoms with van der Waals surface area (Å²) in [7, 11) is 0. The lowest BCUT2D eigenvalue weighted by Gasteiger charge is -2.22. The number of aromatic nitrogens is 2. The van der Waals surface area contributed by atoms with Gasteiger partial charge in [-0.2, -0.15) is 5.10 Å². The van der Waals surface area contributed by atoms with Gasteiger partial charge in [-0.05, 0) is 35.2 Å². The van der Waals surface area contributed by atoms with Crippen molar-refractivity contribution in [3.63, 3.8) is 0 Å². The van der Waals surface area contributed by atoms with Gasteiger partial charge in [-0.15, -0.1) is 0 Å². The fourth-order valence-electron chi connectivity index (χ4n) is 2.99. The molecule has 1 heterocycles. The van der Waals surface area contributed by atoms with Crippen LogP contribution in [0, 0.1) is 5.92 Å². The van der Waals surface area contributed by atoms with Crippen molar-refractivity contribution in [1.29, 1.82) is 0 Å². The van der Waals surface area contributed by atoms with Gasteiger partial charge in [0.1, 0.15) is 6.04 Å².